The highest BCUT2D eigenvalue weighted by Gasteiger charge is 2.27. The van der Waals surface area contributed by atoms with Gasteiger partial charge in [0.25, 0.3) is 0 Å². The summed E-state index contributed by atoms with van der Waals surface area (Å²) in [5.41, 5.74) is 1.78. The fourth-order valence-corrected chi connectivity index (χ4v) is 2.65. The largest absolute Gasteiger partial charge is 0.344 e. The minimum atomic E-state index is -0.550. The number of benzene rings is 2. The number of nitrogens with one attached hydrogen (secondary N) is 2. The van der Waals surface area contributed by atoms with E-state index in [1.165, 1.54) is 18.2 Å². The Morgan fingerprint density at radius 2 is 1.96 bits per heavy atom. The average molecular weight is 333 g/mol. The van der Waals surface area contributed by atoms with Gasteiger partial charge in [0.15, 0.2) is 0 Å². The smallest absolute Gasteiger partial charge is 0.246 e. The van der Waals surface area contributed by atoms with Crippen molar-refractivity contribution in [2.24, 2.45) is 0 Å². The number of rotatable bonds is 3. The summed E-state index contributed by atoms with van der Waals surface area (Å²) < 4.78 is 13.6. The number of hydrogen-bond acceptors (Lipinski definition) is 2. The molecule has 2 aromatic rings. The van der Waals surface area contributed by atoms with Gasteiger partial charge in [0.2, 0.25) is 11.8 Å². The molecule has 1 aliphatic rings. The van der Waals surface area contributed by atoms with Crippen LogP contribution in [0.5, 0.6) is 0 Å². The van der Waals surface area contributed by atoms with Crippen molar-refractivity contribution in [1.29, 1.82) is 0 Å². The van der Waals surface area contributed by atoms with E-state index in [0.717, 1.165) is 5.56 Å². The van der Waals surface area contributed by atoms with Crippen molar-refractivity contribution in [3.63, 3.8) is 0 Å². The van der Waals surface area contributed by atoms with E-state index in [0.29, 0.717) is 29.1 Å². The maximum absolute atomic E-state index is 13.6. The first-order valence-electron chi connectivity index (χ1n) is 7.18. The van der Waals surface area contributed by atoms with Crippen molar-refractivity contribution in [3.05, 3.63) is 53.3 Å². The molecule has 0 bridgehead atoms. The molecule has 0 aliphatic carbocycles. The van der Waals surface area contributed by atoms with Gasteiger partial charge < -0.3 is 10.6 Å². The van der Waals surface area contributed by atoms with Crippen LogP contribution < -0.4 is 10.6 Å². The van der Waals surface area contributed by atoms with Crippen LogP contribution >= 0.6 is 11.6 Å². The Morgan fingerprint density at radius 1 is 1.22 bits per heavy atom. The standard InChI is InChI=1S/C17H14ClFN2O2/c18-11-3-1-10(2-4-11)13-9-12(19)5-6-14(13)21-17(23)15-7-8-16(22)20-15/h1-6,9,15H,7-8H2,(H,20,22)(H,21,23)/t15-/m0/s1. The van der Waals surface area contributed by atoms with Gasteiger partial charge >= 0.3 is 0 Å². The van der Waals surface area contributed by atoms with E-state index < -0.39 is 11.9 Å². The average Bonchev–Trinajstić information content (AvgIpc) is 2.96. The Balaban J connectivity index is 1.88. The first kappa shape index (κ1) is 15.5. The maximum Gasteiger partial charge on any atom is 0.246 e. The van der Waals surface area contributed by atoms with Gasteiger partial charge in [-0.3, -0.25) is 9.59 Å². The van der Waals surface area contributed by atoms with E-state index in [4.69, 9.17) is 11.6 Å². The number of hydrogen-bond donors (Lipinski definition) is 2. The lowest BCUT2D eigenvalue weighted by molar-refractivity contribution is -0.122. The molecule has 6 heteroatoms. The fourth-order valence-electron chi connectivity index (χ4n) is 2.52. The van der Waals surface area contributed by atoms with Crippen LogP contribution in [0.1, 0.15) is 12.8 Å². The van der Waals surface area contributed by atoms with Crippen molar-refractivity contribution in [2.75, 3.05) is 5.32 Å². The molecule has 23 heavy (non-hydrogen) atoms. The van der Waals surface area contributed by atoms with Crippen molar-refractivity contribution in [2.45, 2.75) is 18.9 Å². The van der Waals surface area contributed by atoms with Crippen LogP contribution in [0.25, 0.3) is 11.1 Å². The van der Waals surface area contributed by atoms with Crippen LogP contribution in [0, 0.1) is 5.82 Å². The van der Waals surface area contributed by atoms with Crippen molar-refractivity contribution < 1.29 is 14.0 Å². The molecule has 2 amide bonds. The van der Waals surface area contributed by atoms with E-state index in [-0.39, 0.29) is 11.8 Å². The van der Waals surface area contributed by atoms with Gasteiger partial charge in [0.1, 0.15) is 11.9 Å². The van der Waals surface area contributed by atoms with Crippen LogP contribution in [0.2, 0.25) is 5.02 Å². The molecule has 2 aromatic carbocycles. The molecule has 2 N–H and O–H groups in total. The highest BCUT2D eigenvalue weighted by Crippen LogP contribution is 2.30. The first-order chi connectivity index (χ1) is 11.0. The second-order valence-electron chi connectivity index (χ2n) is 5.34. The van der Waals surface area contributed by atoms with E-state index in [9.17, 15) is 14.0 Å². The zero-order chi connectivity index (χ0) is 16.4. The Hall–Kier alpha value is -2.40. The Bertz CT molecular complexity index is 762. The summed E-state index contributed by atoms with van der Waals surface area (Å²) >= 11 is 5.87. The topological polar surface area (TPSA) is 58.2 Å². The van der Waals surface area contributed by atoms with Crippen LogP contribution in [0.15, 0.2) is 42.5 Å². The molecule has 1 fully saturated rings. The van der Waals surface area contributed by atoms with Gasteiger partial charge in [-0.15, -0.1) is 0 Å². The predicted octanol–water partition coefficient (Wildman–Crippen LogP) is 3.36. The summed E-state index contributed by atoms with van der Waals surface area (Å²) in [7, 11) is 0. The first-order valence-corrected chi connectivity index (χ1v) is 7.56. The quantitative estimate of drug-likeness (QED) is 0.905. The fraction of sp³-hybridized carbons (Fsp3) is 0.176. The zero-order valence-electron chi connectivity index (χ0n) is 12.1. The molecule has 4 nitrogen and oxygen atoms in total. The number of carbonyl (C=O) groups excluding carboxylic acids is 2. The Morgan fingerprint density at radius 3 is 2.61 bits per heavy atom. The molecule has 1 aliphatic heterocycles. The van der Waals surface area contributed by atoms with Crippen molar-refractivity contribution in [1.82, 2.24) is 5.32 Å². The van der Waals surface area contributed by atoms with Gasteiger partial charge in [-0.1, -0.05) is 23.7 Å². The van der Waals surface area contributed by atoms with Crippen LogP contribution in [0.4, 0.5) is 10.1 Å². The Labute approximate surface area is 137 Å². The van der Waals surface area contributed by atoms with Crippen molar-refractivity contribution >= 4 is 29.1 Å². The highest BCUT2D eigenvalue weighted by atomic mass is 35.5. The van der Waals surface area contributed by atoms with Gasteiger partial charge in [-0.25, -0.2) is 4.39 Å². The monoisotopic (exact) mass is 332 g/mol. The second kappa shape index (κ2) is 6.38. The summed E-state index contributed by atoms with van der Waals surface area (Å²) in [5.74, 6) is -0.845. The summed E-state index contributed by atoms with van der Waals surface area (Å²) in [6.07, 6.45) is 0.799. The highest BCUT2D eigenvalue weighted by molar-refractivity contribution is 6.30. The van der Waals surface area contributed by atoms with Crippen molar-refractivity contribution in [3.8, 4) is 11.1 Å². The summed E-state index contributed by atoms with van der Waals surface area (Å²) in [4.78, 5) is 23.5. The van der Waals surface area contributed by atoms with E-state index in [2.05, 4.69) is 10.6 Å². The van der Waals surface area contributed by atoms with Crippen LogP contribution in [0.3, 0.4) is 0 Å². The molecule has 1 atom stereocenters. The normalized spacial score (nSPS) is 17.0. The van der Waals surface area contributed by atoms with E-state index in [1.807, 2.05) is 0 Å². The lowest BCUT2D eigenvalue weighted by Gasteiger charge is -2.15. The number of carbonyl (C=O) groups is 2. The SMILES string of the molecule is O=C1CC[C@@H](C(=O)Nc2ccc(F)cc2-c2ccc(Cl)cc2)N1. The Kier molecular flexibility index (Phi) is 4.30. The molecular weight excluding hydrogens is 319 g/mol. The number of anilines is 1. The maximum atomic E-state index is 13.6. The molecule has 0 spiro atoms. The predicted molar refractivity (Wildman–Crippen MR) is 86.6 cm³/mol. The summed E-state index contributed by atoms with van der Waals surface area (Å²) in [5, 5.41) is 5.94. The molecule has 118 valence electrons. The van der Waals surface area contributed by atoms with Gasteiger partial charge in [-0.2, -0.15) is 0 Å². The lowest BCUT2D eigenvalue weighted by atomic mass is 10.0. The summed E-state index contributed by atoms with van der Waals surface area (Å²) in [6.45, 7) is 0. The zero-order valence-corrected chi connectivity index (χ0v) is 12.9. The number of halogens is 2. The molecule has 1 saturated heterocycles. The molecule has 1 heterocycles. The third-order valence-electron chi connectivity index (χ3n) is 3.71. The third-order valence-corrected chi connectivity index (χ3v) is 3.96. The number of amides is 2. The lowest BCUT2D eigenvalue weighted by Crippen LogP contribution is -2.37. The van der Waals surface area contributed by atoms with Gasteiger partial charge in [-0.05, 0) is 42.3 Å². The minimum Gasteiger partial charge on any atom is -0.344 e. The summed E-state index contributed by atoms with van der Waals surface area (Å²) in [6, 6.07) is 10.5. The molecule has 0 saturated carbocycles. The van der Waals surface area contributed by atoms with Crippen LogP contribution in [-0.4, -0.2) is 17.9 Å². The minimum absolute atomic E-state index is 0.137. The van der Waals surface area contributed by atoms with E-state index >= 15 is 0 Å². The molecule has 3 rings (SSSR count). The molecule has 0 aromatic heterocycles. The van der Waals surface area contributed by atoms with E-state index in [1.54, 1.807) is 24.3 Å². The molecule has 0 unspecified atom stereocenters. The van der Waals surface area contributed by atoms with Crippen LogP contribution in [-0.2, 0) is 9.59 Å². The molecular formula is C17H14ClFN2O2. The second-order valence-corrected chi connectivity index (χ2v) is 5.78. The van der Waals surface area contributed by atoms with Gasteiger partial charge in [0.05, 0.1) is 0 Å². The molecule has 0 radical (unpaired) electrons. The van der Waals surface area contributed by atoms with Gasteiger partial charge in [0, 0.05) is 22.7 Å². The third kappa shape index (κ3) is 3.51.